The highest BCUT2D eigenvalue weighted by Crippen LogP contribution is 2.38. The van der Waals surface area contributed by atoms with Gasteiger partial charge in [-0.3, -0.25) is 9.59 Å². The minimum Gasteiger partial charge on any atom is -0.322 e. The van der Waals surface area contributed by atoms with Crippen LogP contribution in [-0.4, -0.2) is 32.0 Å². The lowest BCUT2D eigenvalue weighted by Crippen LogP contribution is -3.11. The molecule has 6 nitrogen and oxygen atoms in total. The number of nitrogens with zero attached hydrogens (tertiary/aromatic N) is 1. The number of nitrogens with one attached hydrogen (secondary N) is 3. The molecule has 1 unspecified atom stereocenters. The molecule has 2 amide bonds. The Morgan fingerprint density at radius 1 is 1.15 bits per heavy atom. The number of amides is 2. The molecule has 7 heteroatoms. The van der Waals surface area contributed by atoms with Crippen molar-refractivity contribution in [2.45, 2.75) is 26.2 Å². The first-order valence-electron chi connectivity index (χ1n) is 8.98. The van der Waals surface area contributed by atoms with Gasteiger partial charge in [-0.25, -0.2) is 0 Å². The molecule has 1 aromatic carbocycles. The number of carbonyl (C=O) groups excluding carboxylic acids is 2. The summed E-state index contributed by atoms with van der Waals surface area (Å²) in [5.41, 5.74) is 3.57. The maximum absolute atomic E-state index is 12.3. The van der Waals surface area contributed by atoms with Crippen LogP contribution in [0.25, 0.3) is 0 Å². The summed E-state index contributed by atoms with van der Waals surface area (Å²) in [6.07, 6.45) is 2.97. The van der Waals surface area contributed by atoms with Gasteiger partial charge in [0.2, 0.25) is 0 Å². The molecule has 1 aromatic heterocycles. The van der Waals surface area contributed by atoms with E-state index in [-0.39, 0.29) is 24.9 Å². The maximum atomic E-state index is 12.3. The summed E-state index contributed by atoms with van der Waals surface area (Å²) in [5, 5.41) is 15.7. The SMILES string of the molecule is Cc1ccc(NC(=O)C[NH+](C)CC(=O)Nc2sc3c(c2C#N)CCC3)cc1. The molecule has 140 valence electrons. The number of hydrogen-bond donors (Lipinski definition) is 3. The average Bonchev–Trinajstić information content (AvgIpc) is 3.17. The highest BCUT2D eigenvalue weighted by Gasteiger charge is 2.24. The van der Waals surface area contributed by atoms with E-state index in [1.807, 2.05) is 31.2 Å². The third kappa shape index (κ3) is 4.73. The highest BCUT2D eigenvalue weighted by molar-refractivity contribution is 7.16. The number of likely N-dealkylation sites (N-methyl/N-ethyl adjacent to an activating group) is 1. The molecule has 3 N–H and O–H groups in total. The van der Waals surface area contributed by atoms with Crippen molar-refractivity contribution < 1.29 is 14.5 Å². The van der Waals surface area contributed by atoms with E-state index in [4.69, 9.17) is 0 Å². The second-order valence-electron chi connectivity index (χ2n) is 6.95. The normalized spacial score (nSPS) is 13.5. The van der Waals surface area contributed by atoms with Crippen molar-refractivity contribution in [1.29, 1.82) is 5.26 Å². The number of aryl methyl sites for hydroxylation is 2. The third-order valence-corrected chi connectivity index (χ3v) is 5.75. The summed E-state index contributed by atoms with van der Waals surface area (Å²) in [6, 6.07) is 9.81. The summed E-state index contributed by atoms with van der Waals surface area (Å²) in [6.45, 7) is 2.34. The van der Waals surface area contributed by atoms with E-state index in [9.17, 15) is 14.9 Å². The zero-order valence-corrected chi connectivity index (χ0v) is 16.3. The Bertz CT molecular complexity index is 896. The molecule has 0 radical (unpaired) electrons. The van der Waals surface area contributed by atoms with Gasteiger partial charge in [-0.05, 0) is 43.9 Å². The number of quaternary nitrogens is 1. The summed E-state index contributed by atoms with van der Waals surface area (Å²) in [7, 11) is 1.80. The Hall–Kier alpha value is -2.69. The summed E-state index contributed by atoms with van der Waals surface area (Å²) in [5.74, 6) is -0.330. The number of rotatable bonds is 6. The Kier molecular flexibility index (Phi) is 5.89. The van der Waals surface area contributed by atoms with Gasteiger partial charge in [0, 0.05) is 10.6 Å². The van der Waals surface area contributed by atoms with E-state index in [0.29, 0.717) is 10.6 Å². The second-order valence-corrected chi connectivity index (χ2v) is 8.05. The highest BCUT2D eigenvalue weighted by atomic mass is 32.1. The smallest absolute Gasteiger partial charge is 0.280 e. The first-order chi connectivity index (χ1) is 13.0. The van der Waals surface area contributed by atoms with Gasteiger partial charge in [0.1, 0.15) is 11.1 Å². The van der Waals surface area contributed by atoms with Crippen LogP contribution in [-0.2, 0) is 22.4 Å². The molecule has 0 spiro atoms. The molecule has 3 rings (SSSR count). The van der Waals surface area contributed by atoms with Crippen LogP contribution >= 0.6 is 11.3 Å². The quantitative estimate of drug-likeness (QED) is 0.707. The van der Waals surface area contributed by atoms with Gasteiger partial charge >= 0.3 is 0 Å². The van der Waals surface area contributed by atoms with E-state index in [1.165, 1.54) is 16.2 Å². The predicted octanol–water partition coefficient (Wildman–Crippen LogP) is 1.51. The zero-order chi connectivity index (χ0) is 19.4. The van der Waals surface area contributed by atoms with E-state index in [1.54, 1.807) is 7.05 Å². The number of hydrogen-bond acceptors (Lipinski definition) is 4. The van der Waals surface area contributed by atoms with Crippen molar-refractivity contribution in [2.75, 3.05) is 30.8 Å². The van der Waals surface area contributed by atoms with Crippen molar-refractivity contribution >= 4 is 33.8 Å². The van der Waals surface area contributed by atoms with E-state index in [2.05, 4.69) is 16.7 Å². The standard InChI is InChI=1S/C20H22N4O2S/c1-13-6-8-14(9-7-13)22-18(25)11-24(2)12-19(26)23-20-16(10-21)15-4-3-5-17(15)27-20/h6-9H,3-5,11-12H2,1-2H3,(H,22,25)(H,23,26)/p+1. The molecule has 0 saturated carbocycles. The van der Waals surface area contributed by atoms with Crippen LogP contribution in [0.5, 0.6) is 0 Å². The molecule has 1 heterocycles. The fourth-order valence-electron chi connectivity index (χ4n) is 3.23. The van der Waals surface area contributed by atoms with Crippen LogP contribution in [0.1, 0.15) is 28.0 Å². The topological polar surface area (TPSA) is 86.4 Å². The van der Waals surface area contributed by atoms with E-state index >= 15 is 0 Å². The van der Waals surface area contributed by atoms with E-state index in [0.717, 1.165) is 41.0 Å². The molecule has 27 heavy (non-hydrogen) atoms. The molecule has 1 atom stereocenters. The molecule has 0 fully saturated rings. The fraction of sp³-hybridized carbons (Fsp3) is 0.350. The van der Waals surface area contributed by atoms with Gasteiger partial charge in [-0.2, -0.15) is 5.26 Å². The number of nitriles is 1. The largest absolute Gasteiger partial charge is 0.322 e. The molecular formula is C20H23N4O2S+. The first kappa shape index (κ1) is 19.1. The maximum Gasteiger partial charge on any atom is 0.280 e. The Morgan fingerprint density at radius 2 is 1.81 bits per heavy atom. The van der Waals surface area contributed by atoms with Crippen LogP contribution in [0.15, 0.2) is 24.3 Å². The molecule has 2 aromatic rings. The van der Waals surface area contributed by atoms with Crippen LogP contribution in [0.2, 0.25) is 0 Å². The van der Waals surface area contributed by atoms with Crippen LogP contribution in [0.3, 0.4) is 0 Å². The van der Waals surface area contributed by atoms with Crippen molar-refractivity contribution in [1.82, 2.24) is 0 Å². The van der Waals surface area contributed by atoms with Gasteiger partial charge in [-0.15, -0.1) is 11.3 Å². The zero-order valence-electron chi connectivity index (χ0n) is 15.5. The first-order valence-corrected chi connectivity index (χ1v) is 9.80. The van der Waals surface area contributed by atoms with Gasteiger partial charge in [-0.1, -0.05) is 17.7 Å². The number of carbonyl (C=O) groups is 2. The summed E-state index contributed by atoms with van der Waals surface area (Å²) >= 11 is 1.50. The minimum atomic E-state index is -0.188. The molecule has 0 saturated heterocycles. The second kappa shape index (κ2) is 8.33. The van der Waals surface area contributed by atoms with E-state index < -0.39 is 0 Å². The van der Waals surface area contributed by atoms with Crippen LogP contribution in [0.4, 0.5) is 10.7 Å². The van der Waals surface area contributed by atoms with Crippen molar-refractivity contribution in [3.8, 4) is 6.07 Å². The molecule has 0 bridgehead atoms. The van der Waals surface area contributed by atoms with Gasteiger partial charge in [0.15, 0.2) is 13.1 Å². The molecule has 0 aliphatic heterocycles. The fourth-order valence-corrected chi connectivity index (χ4v) is 4.49. The third-order valence-electron chi connectivity index (χ3n) is 4.55. The van der Waals surface area contributed by atoms with Gasteiger partial charge in [0.25, 0.3) is 11.8 Å². The van der Waals surface area contributed by atoms with Crippen molar-refractivity contribution in [3.63, 3.8) is 0 Å². The lowest BCUT2D eigenvalue weighted by molar-refractivity contribution is -0.862. The number of thiophene rings is 1. The van der Waals surface area contributed by atoms with Crippen molar-refractivity contribution in [2.24, 2.45) is 0 Å². The summed E-state index contributed by atoms with van der Waals surface area (Å²) < 4.78 is 0. The molecule has 1 aliphatic carbocycles. The average molecular weight is 383 g/mol. The summed E-state index contributed by atoms with van der Waals surface area (Å²) in [4.78, 5) is 26.5. The number of anilines is 2. The monoisotopic (exact) mass is 383 g/mol. The number of benzene rings is 1. The van der Waals surface area contributed by atoms with Gasteiger partial charge < -0.3 is 15.5 Å². The lowest BCUT2D eigenvalue weighted by atomic mass is 10.1. The lowest BCUT2D eigenvalue weighted by Gasteiger charge is -2.13. The number of fused-ring (bicyclic) bond motifs is 1. The van der Waals surface area contributed by atoms with Crippen LogP contribution in [0, 0.1) is 18.3 Å². The van der Waals surface area contributed by atoms with Crippen molar-refractivity contribution in [3.05, 3.63) is 45.8 Å². The Labute approximate surface area is 162 Å². The van der Waals surface area contributed by atoms with Gasteiger partial charge in [0.05, 0.1) is 12.6 Å². The molecular weight excluding hydrogens is 360 g/mol. The molecule has 1 aliphatic rings. The Morgan fingerprint density at radius 3 is 2.48 bits per heavy atom. The predicted molar refractivity (Wildman–Crippen MR) is 106 cm³/mol. The minimum absolute atomic E-state index is 0.142. The Balaban J connectivity index is 1.51. The van der Waals surface area contributed by atoms with Crippen LogP contribution < -0.4 is 15.5 Å².